The normalized spacial score (nSPS) is 11.4. The van der Waals surface area contributed by atoms with Crippen molar-refractivity contribution in [2.75, 3.05) is 13.7 Å². The molecule has 0 saturated carbocycles. The summed E-state index contributed by atoms with van der Waals surface area (Å²) in [4.78, 5) is 11.7. The van der Waals surface area contributed by atoms with E-state index in [2.05, 4.69) is 5.16 Å². The number of furan rings is 1. The van der Waals surface area contributed by atoms with Crippen LogP contribution in [0.1, 0.15) is 47.7 Å². The third kappa shape index (κ3) is 4.36. The summed E-state index contributed by atoms with van der Waals surface area (Å²) in [5, 5.41) is 23.0. The molecule has 1 aromatic heterocycles. The molecule has 2 rings (SSSR count). The second-order valence-corrected chi connectivity index (χ2v) is 5.64. The fraction of sp³-hybridized carbons (Fsp3) is 0.368. The third-order valence-electron chi connectivity index (χ3n) is 3.83. The zero-order chi connectivity index (χ0) is 19.1. The quantitative estimate of drug-likeness (QED) is 0.323. The molecule has 0 bridgehead atoms. The molecule has 0 aliphatic carbocycles. The van der Waals surface area contributed by atoms with Crippen molar-refractivity contribution in [2.24, 2.45) is 5.16 Å². The summed E-state index contributed by atoms with van der Waals surface area (Å²) in [6, 6.07) is 6.34. The zero-order valence-corrected chi connectivity index (χ0v) is 15.1. The molecule has 0 unspecified atom stereocenters. The molecule has 7 nitrogen and oxygen atoms in total. The summed E-state index contributed by atoms with van der Waals surface area (Å²) in [6.07, 6.45) is 1.75. The van der Waals surface area contributed by atoms with E-state index in [1.165, 1.54) is 19.2 Å². The standard InChI is InChI=1S/C19H23NO6/c1-4-6-12-9-14(16(21)11-18(12)24-3)15(20-23)10-13-7-8-17(26-13)19(22)25-5-2/h7-9,11,21,23H,4-6,10H2,1-3H3/b20-15-. The number of nitrogens with zero attached hydrogens (tertiary/aromatic N) is 1. The molecule has 0 aliphatic rings. The number of hydrogen-bond acceptors (Lipinski definition) is 7. The van der Waals surface area contributed by atoms with Crippen molar-refractivity contribution in [3.05, 3.63) is 46.9 Å². The number of esters is 1. The van der Waals surface area contributed by atoms with Gasteiger partial charge in [0.25, 0.3) is 0 Å². The molecule has 0 fully saturated rings. The molecule has 0 saturated heterocycles. The number of benzene rings is 1. The van der Waals surface area contributed by atoms with Gasteiger partial charge in [0.2, 0.25) is 5.76 Å². The van der Waals surface area contributed by atoms with Gasteiger partial charge in [-0.05, 0) is 37.1 Å². The number of ether oxygens (including phenoxy) is 2. The van der Waals surface area contributed by atoms with Crippen LogP contribution in [0.4, 0.5) is 0 Å². The van der Waals surface area contributed by atoms with Gasteiger partial charge in [-0.25, -0.2) is 4.79 Å². The van der Waals surface area contributed by atoms with Crippen molar-refractivity contribution < 1.29 is 29.0 Å². The van der Waals surface area contributed by atoms with Crippen molar-refractivity contribution in [3.63, 3.8) is 0 Å². The first-order valence-electron chi connectivity index (χ1n) is 8.41. The second kappa shape index (κ2) is 8.94. The summed E-state index contributed by atoms with van der Waals surface area (Å²) < 4.78 is 15.6. The Kier molecular flexibility index (Phi) is 6.66. The summed E-state index contributed by atoms with van der Waals surface area (Å²) >= 11 is 0. The first kappa shape index (κ1) is 19.4. The van der Waals surface area contributed by atoms with Crippen LogP contribution < -0.4 is 4.74 Å². The second-order valence-electron chi connectivity index (χ2n) is 5.64. The van der Waals surface area contributed by atoms with Crippen LogP contribution in [0.3, 0.4) is 0 Å². The van der Waals surface area contributed by atoms with E-state index in [-0.39, 0.29) is 30.2 Å². The van der Waals surface area contributed by atoms with Crippen LogP contribution in [-0.4, -0.2) is 35.7 Å². The van der Waals surface area contributed by atoms with E-state index in [1.54, 1.807) is 19.1 Å². The number of carbonyl (C=O) groups is 1. The number of aryl methyl sites for hydroxylation is 1. The minimum Gasteiger partial charge on any atom is -0.507 e. The number of phenolic OH excluding ortho intramolecular Hbond substituents is 1. The molecule has 26 heavy (non-hydrogen) atoms. The Morgan fingerprint density at radius 1 is 1.27 bits per heavy atom. The van der Waals surface area contributed by atoms with E-state index in [1.807, 2.05) is 6.92 Å². The summed E-state index contributed by atoms with van der Waals surface area (Å²) in [5.41, 5.74) is 1.49. The van der Waals surface area contributed by atoms with Gasteiger partial charge in [0.1, 0.15) is 17.3 Å². The van der Waals surface area contributed by atoms with Crippen molar-refractivity contribution in [2.45, 2.75) is 33.1 Å². The van der Waals surface area contributed by atoms with E-state index < -0.39 is 5.97 Å². The monoisotopic (exact) mass is 361 g/mol. The Bertz CT molecular complexity index is 793. The van der Waals surface area contributed by atoms with Gasteiger partial charge in [-0.1, -0.05) is 18.5 Å². The topological polar surface area (TPSA) is 101 Å². The first-order valence-corrected chi connectivity index (χ1v) is 8.41. The molecule has 2 N–H and O–H groups in total. The summed E-state index contributed by atoms with van der Waals surface area (Å²) in [7, 11) is 1.54. The van der Waals surface area contributed by atoms with Gasteiger partial charge < -0.3 is 24.2 Å². The number of hydrogen-bond donors (Lipinski definition) is 2. The molecular formula is C19H23NO6. The van der Waals surface area contributed by atoms with Crippen LogP contribution in [0, 0.1) is 0 Å². The lowest BCUT2D eigenvalue weighted by Crippen LogP contribution is -2.07. The van der Waals surface area contributed by atoms with Gasteiger partial charge >= 0.3 is 5.97 Å². The minimum absolute atomic E-state index is 0.0633. The van der Waals surface area contributed by atoms with E-state index in [0.717, 1.165) is 18.4 Å². The van der Waals surface area contributed by atoms with Gasteiger partial charge in [0.15, 0.2) is 0 Å². The molecule has 140 valence electrons. The lowest BCUT2D eigenvalue weighted by Gasteiger charge is -2.13. The van der Waals surface area contributed by atoms with E-state index in [9.17, 15) is 15.1 Å². The molecular weight excluding hydrogens is 338 g/mol. The molecule has 7 heteroatoms. The lowest BCUT2D eigenvalue weighted by atomic mass is 9.99. The third-order valence-corrected chi connectivity index (χ3v) is 3.83. The Labute approximate surface area is 151 Å². The Hall–Kier alpha value is -2.96. The molecule has 2 aromatic rings. The van der Waals surface area contributed by atoms with Crippen LogP contribution in [0.15, 0.2) is 33.8 Å². The van der Waals surface area contributed by atoms with E-state index in [4.69, 9.17) is 13.9 Å². The maximum atomic E-state index is 11.7. The molecule has 0 spiro atoms. The maximum absolute atomic E-state index is 11.7. The van der Waals surface area contributed by atoms with Crippen molar-refractivity contribution >= 4 is 11.7 Å². The number of rotatable bonds is 8. The predicted molar refractivity (Wildman–Crippen MR) is 95.3 cm³/mol. The van der Waals surface area contributed by atoms with Crippen LogP contribution >= 0.6 is 0 Å². The fourth-order valence-electron chi connectivity index (χ4n) is 2.63. The van der Waals surface area contributed by atoms with Crippen LogP contribution in [0.5, 0.6) is 11.5 Å². The smallest absolute Gasteiger partial charge is 0.374 e. The summed E-state index contributed by atoms with van der Waals surface area (Å²) in [6.45, 7) is 3.99. The van der Waals surface area contributed by atoms with Gasteiger partial charge in [-0.2, -0.15) is 0 Å². The van der Waals surface area contributed by atoms with Gasteiger partial charge in [0.05, 0.1) is 25.8 Å². The highest BCUT2D eigenvalue weighted by Gasteiger charge is 2.18. The highest BCUT2D eigenvalue weighted by Crippen LogP contribution is 2.30. The SMILES string of the molecule is CCCc1cc(/C(Cc2ccc(C(=O)OCC)o2)=N\O)c(O)cc1OC. The Balaban J connectivity index is 2.29. The fourth-order valence-corrected chi connectivity index (χ4v) is 2.63. The molecule has 0 aliphatic heterocycles. The largest absolute Gasteiger partial charge is 0.507 e. The zero-order valence-electron chi connectivity index (χ0n) is 15.1. The highest BCUT2D eigenvalue weighted by atomic mass is 16.5. The number of carbonyl (C=O) groups excluding carboxylic acids is 1. The van der Waals surface area contributed by atoms with Crippen molar-refractivity contribution in [1.82, 2.24) is 0 Å². The maximum Gasteiger partial charge on any atom is 0.374 e. The first-order chi connectivity index (χ1) is 12.5. The average molecular weight is 361 g/mol. The number of methoxy groups -OCH3 is 1. The predicted octanol–water partition coefficient (Wildman–Crippen LogP) is 3.54. The van der Waals surface area contributed by atoms with Crippen LogP contribution in [0.2, 0.25) is 0 Å². The van der Waals surface area contributed by atoms with Crippen molar-refractivity contribution in [3.8, 4) is 11.5 Å². The van der Waals surface area contributed by atoms with Gasteiger partial charge in [-0.15, -0.1) is 0 Å². The summed E-state index contributed by atoms with van der Waals surface area (Å²) in [5.74, 6) is 0.441. The van der Waals surface area contributed by atoms with Gasteiger partial charge in [0, 0.05) is 11.6 Å². The molecule has 0 amide bonds. The lowest BCUT2D eigenvalue weighted by molar-refractivity contribution is 0.0488. The Morgan fingerprint density at radius 3 is 2.65 bits per heavy atom. The molecule has 0 radical (unpaired) electrons. The minimum atomic E-state index is -0.557. The molecule has 0 atom stereocenters. The molecule has 1 heterocycles. The average Bonchev–Trinajstić information content (AvgIpc) is 3.10. The number of aromatic hydroxyl groups is 1. The van der Waals surface area contributed by atoms with E-state index >= 15 is 0 Å². The van der Waals surface area contributed by atoms with E-state index in [0.29, 0.717) is 17.1 Å². The number of phenols is 1. The van der Waals surface area contributed by atoms with Crippen molar-refractivity contribution in [1.29, 1.82) is 0 Å². The Morgan fingerprint density at radius 2 is 2.04 bits per heavy atom. The van der Waals surface area contributed by atoms with Crippen LogP contribution in [0.25, 0.3) is 0 Å². The highest BCUT2D eigenvalue weighted by molar-refractivity contribution is 6.03. The number of oxime groups is 1. The molecule has 1 aromatic carbocycles. The van der Waals surface area contributed by atoms with Gasteiger partial charge in [-0.3, -0.25) is 0 Å². The van der Waals surface area contributed by atoms with Crippen LogP contribution in [-0.2, 0) is 17.6 Å².